The Morgan fingerprint density at radius 1 is 0.947 bits per heavy atom. The van der Waals surface area contributed by atoms with Crippen molar-refractivity contribution in [3.05, 3.63) is 41.3 Å². The van der Waals surface area contributed by atoms with Crippen LogP contribution in [0.3, 0.4) is 0 Å². The molecule has 0 unspecified atom stereocenters. The number of hydrogen-bond donors (Lipinski definition) is 1. The fraction of sp³-hybridized carbons (Fsp3) is 0.200. The second kappa shape index (κ2) is 5.21. The van der Waals surface area contributed by atoms with Crippen LogP contribution in [0.25, 0.3) is 0 Å². The van der Waals surface area contributed by atoms with Gasteiger partial charge in [0.2, 0.25) is 11.7 Å². The van der Waals surface area contributed by atoms with Crippen LogP contribution in [-0.4, -0.2) is 16.7 Å². The normalized spacial score (nSPS) is 10.8. The van der Waals surface area contributed by atoms with E-state index in [0.29, 0.717) is 0 Å². The molecule has 2 rings (SSSR count). The first-order valence-corrected chi connectivity index (χ1v) is 5.03. The minimum Gasteiger partial charge on any atom is -0.380 e. The van der Waals surface area contributed by atoms with Gasteiger partial charge in [-0.3, -0.25) is 0 Å². The van der Waals surface area contributed by atoms with Crippen molar-refractivity contribution >= 4 is 5.69 Å². The van der Waals surface area contributed by atoms with Gasteiger partial charge >= 0.3 is 0 Å². The fourth-order valence-corrected chi connectivity index (χ4v) is 1.36. The minimum absolute atomic E-state index is 0.0689. The average molecular weight is 279 g/mol. The third-order valence-corrected chi connectivity index (χ3v) is 2.26. The summed E-state index contributed by atoms with van der Waals surface area (Å²) in [5.41, 5.74) is -1.09. The van der Waals surface area contributed by atoms with Crippen LogP contribution >= 0.6 is 0 Å². The van der Waals surface area contributed by atoms with Gasteiger partial charge in [-0.2, -0.15) is 4.98 Å². The summed E-state index contributed by atoms with van der Waals surface area (Å²) < 4.78 is 69.5. The molecule has 0 aliphatic rings. The monoisotopic (exact) mass is 279 g/mol. The van der Waals surface area contributed by atoms with E-state index in [1.807, 2.05) is 0 Å². The number of halogens is 5. The first-order chi connectivity index (χ1) is 9.02. The third kappa shape index (κ3) is 2.49. The Kier molecular flexibility index (Phi) is 3.63. The molecule has 0 saturated carbocycles. The molecule has 0 aliphatic heterocycles. The predicted octanol–water partition coefficient (Wildman–Crippen LogP) is 2.42. The van der Waals surface area contributed by atoms with Gasteiger partial charge in [-0.15, -0.1) is 0 Å². The molecule has 2 aromatic rings. The van der Waals surface area contributed by atoms with Crippen LogP contribution in [0.5, 0.6) is 0 Å². The van der Waals surface area contributed by atoms with Crippen molar-refractivity contribution in [2.75, 3.05) is 11.9 Å². The zero-order valence-corrected chi connectivity index (χ0v) is 9.18. The number of hydrogen-bond acceptors (Lipinski definition) is 4. The fourth-order valence-electron chi connectivity index (χ4n) is 1.36. The lowest BCUT2D eigenvalue weighted by Crippen LogP contribution is -2.12. The van der Waals surface area contributed by atoms with Gasteiger partial charge in [-0.25, -0.2) is 22.0 Å². The van der Waals surface area contributed by atoms with E-state index >= 15 is 0 Å². The maximum atomic E-state index is 13.2. The van der Waals surface area contributed by atoms with Crippen molar-refractivity contribution in [2.45, 2.75) is 6.42 Å². The van der Waals surface area contributed by atoms with Crippen LogP contribution in [-0.2, 0) is 6.42 Å². The van der Waals surface area contributed by atoms with E-state index in [1.165, 1.54) is 0 Å². The predicted molar refractivity (Wildman–Crippen MR) is 52.7 cm³/mol. The largest absolute Gasteiger partial charge is 0.380 e. The summed E-state index contributed by atoms with van der Waals surface area (Å²) in [6.45, 7) is -0.138. The lowest BCUT2D eigenvalue weighted by molar-refractivity contribution is 0.376. The second-order valence-corrected chi connectivity index (χ2v) is 3.46. The molecule has 102 valence electrons. The number of rotatable bonds is 4. The maximum Gasteiger partial charge on any atom is 0.228 e. The van der Waals surface area contributed by atoms with Gasteiger partial charge in [0.1, 0.15) is 5.69 Å². The Labute approximate surface area is 103 Å². The Bertz CT molecular complexity index is 558. The summed E-state index contributed by atoms with van der Waals surface area (Å²) in [5.74, 6) is -9.86. The van der Waals surface area contributed by atoms with E-state index in [1.54, 1.807) is 0 Å². The number of anilines is 1. The molecule has 1 heterocycles. The average Bonchev–Trinajstić information content (AvgIpc) is 2.91. The highest BCUT2D eigenvalue weighted by Crippen LogP contribution is 2.26. The number of nitrogens with zero attached hydrogens (tertiary/aromatic N) is 2. The van der Waals surface area contributed by atoms with Crippen molar-refractivity contribution in [2.24, 2.45) is 0 Å². The molecule has 9 heteroatoms. The van der Waals surface area contributed by atoms with E-state index in [2.05, 4.69) is 20.0 Å². The van der Waals surface area contributed by atoms with Crippen LogP contribution in [0.1, 0.15) is 5.89 Å². The van der Waals surface area contributed by atoms with Crippen molar-refractivity contribution in [1.82, 2.24) is 10.1 Å². The molecular formula is C10H6F5N3O. The number of nitrogens with one attached hydrogen (secondary N) is 1. The summed E-state index contributed by atoms with van der Waals surface area (Å²) in [4.78, 5) is 3.63. The lowest BCUT2D eigenvalue weighted by atomic mass is 10.2. The quantitative estimate of drug-likeness (QED) is 0.530. The van der Waals surface area contributed by atoms with E-state index in [4.69, 9.17) is 0 Å². The van der Waals surface area contributed by atoms with Crippen molar-refractivity contribution in [3.63, 3.8) is 0 Å². The summed E-state index contributed by atoms with van der Waals surface area (Å²) in [5, 5.41) is 5.40. The van der Waals surface area contributed by atoms with Gasteiger partial charge in [-0.1, -0.05) is 5.16 Å². The van der Waals surface area contributed by atoms with Crippen LogP contribution in [0.2, 0.25) is 0 Å². The van der Waals surface area contributed by atoms with Crippen molar-refractivity contribution < 1.29 is 26.5 Å². The summed E-state index contributed by atoms with van der Waals surface area (Å²) in [6.07, 6.45) is 1.19. The second-order valence-electron chi connectivity index (χ2n) is 3.46. The maximum absolute atomic E-state index is 13.2. The van der Waals surface area contributed by atoms with Gasteiger partial charge < -0.3 is 9.84 Å². The van der Waals surface area contributed by atoms with Gasteiger partial charge in [0.25, 0.3) is 0 Å². The van der Waals surface area contributed by atoms with E-state index in [0.717, 1.165) is 6.33 Å². The zero-order chi connectivity index (χ0) is 14.0. The summed E-state index contributed by atoms with van der Waals surface area (Å²) in [6, 6.07) is 0. The van der Waals surface area contributed by atoms with Crippen LogP contribution in [0, 0.1) is 29.1 Å². The first kappa shape index (κ1) is 13.2. The van der Waals surface area contributed by atoms with Crippen LogP contribution < -0.4 is 5.32 Å². The molecule has 0 radical (unpaired) electrons. The number of aromatic nitrogens is 2. The molecule has 0 atom stereocenters. The third-order valence-electron chi connectivity index (χ3n) is 2.26. The lowest BCUT2D eigenvalue weighted by Gasteiger charge is -2.09. The van der Waals surface area contributed by atoms with Gasteiger partial charge in [0, 0.05) is 13.0 Å². The van der Waals surface area contributed by atoms with E-state index in [-0.39, 0.29) is 18.9 Å². The standard InChI is InChI=1S/C10H6F5N3O/c11-5-6(12)8(14)10(9(15)7(5)13)16-2-1-4-17-3-18-19-4/h3,16H,1-2H2. The Hall–Kier alpha value is -2.19. The molecule has 1 aromatic heterocycles. The highest BCUT2D eigenvalue weighted by Gasteiger charge is 2.25. The highest BCUT2D eigenvalue weighted by molar-refractivity contribution is 5.47. The van der Waals surface area contributed by atoms with Crippen LogP contribution in [0.4, 0.5) is 27.6 Å². The molecule has 4 nitrogen and oxygen atoms in total. The highest BCUT2D eigenvalue weighted by atomic mass is 19.2. The Morgan fingerprint density at radius 2 is 1.53 bits per heavy atom. The zero-order valence-electron chi connectivity index (χ0n) is 9.18. The van der Waals surface area contributed by atoms with Crippen molar-refractivity contribution in [1.29, 1.82) is 0 Å². The van der Waals surface area contributed by atoms with E-state index < -0.39 is 34.8 Å². The number of benzene rings is 1. The Morgan fingerprint density at radius 3 is 2.05 bits per heavy atom. The first-order valence-electron chi connectivity index (χ1n) is 5.03. The SMILES string of the molecule is Fc1c(F)c(F)c(NCCc2ncno2)c(F)c1F. The van der Waals surface area contributed by atoms with Crippen molar-refractivity contribution in [3.8, 4) is 0 Å². The topological polar surface area (TPSA) is 51.0 Å². The summed E-state index contributed by atoms with van der Waals surface area (Å²) in [7, 11) is 0. The molecular weight excluding hydrogens is 273 g/mol. The Balaban J connectivity index is 2.16. The molecule has 0 saturated heterocycles. The van der Waals surface area contributed by atoms with Gasteiger partial charge in [0.15, 0.2) is 29.6 Å². The molecule has 1 aromatic carbocycles. The molecule has 19 heavy (non-hydrogen) atoms. The van der Waals surface area contributed by atoms with Crippen LogP contribution in [0.15, 0.2) is 10.9 Å². The molecule has 0 spiro atoms. The smallest absolute Gasteiger partial charge is 0.228 e. The van der Waals surface area contributed by atoms with Gasteiger partial charge in [-0.05, 0) is 0 Å². The molecule has 1 N–H and O–H groups in total. The molecule has 0 fully saturated rings. The van der Waals surface area contributed by atoms with E-state index in [9.17, 15) is 22.0 Å². The summed E-state index contributed by atoms with van der Waals surface area (Å²) >= 11 is 0. The molecule has 0 aliphatic carbocycles. The molecule has 0 amide bonds. The minimum atomic E-state index is -2.20. The van der Waals surface area contributed by atoms with Gasteiger partial charge in [0.05, 0.1) is 0 Å². The molecule has 0 bridgehead atoms.